The number of hydrogen-bond donors (Lipinski definition) is 0. The molecule has 3 rings (SSSR count). The highest BCUT2D eigenvalue weighted by molar-refractivity contribution is 5.77. The number of aromatic nitrogens is 1. The third-order valence-corrected chi connectivity index (χ3v) is 4.82. The van der Waals surface area contributed by atoms with Crippen molar-refractivity contribution in [2.75, 3.05) is 0 Å². The van der Waals surface area contributed by atoms with Gasteiger partial charge in [0, 0.05) is 30.0 Å². The zero-order chi connectivity index (χ0) is 17.1. The summed E-state index contributed by atoms with van der Waals surface area (Å²) in [7, 11) is 0. The lowest BCUT2D eigenvalue weighted by molar-refractivity contribution is -0.673. The summed E-state index contributed by atoms with van der Waals surface area (Å²) in [6, 6.07) is 17.6. The van der Waals surface area contributed by atoms with E-state index in [-0.39, 0.29) is 0 Å². The summed E-state index contributed by atoms with van der Waals surface area (Å²) in [6.07, 6.45) is 5.60. The molecular weight excluding hydrogens is 290 g/mol. The predicted molar refractivity (Wildman–Crippen MR) is 104 cm³/mol. The number of para-hydroxylation sites is 1. The van der Waals surface area contributed by atoms with Gasteiger partial charge in [0.25, 0.3) is 0 Å². The molecule has 0 amide bonds. The van der Waals surface area contributed by atoms with E-state index in [1.165, 1.54) is 38.9 Å². The summed E-state index contributed by atoms with van der Waals surface area (Å²) in [5.41, 5.74) is 7.93. The molecule has 0 aliphatic heterocycles. The van der Waals surface area contributed by atoms with E-state index in [0.717, 1.165) is 13.0 Å². The Hall–Kier alpha value is -2.41. The number of fused-ring (bicyclic) bond motifs is 1. The molecule has 24 heavy (non-hydrogen) atoms. The summed E-state index contributed by atoms with van der Waals surface area (Å²) in [5.74, 6) is 0. The van der Waals surface area contributed by atoms with Gasteiger partial charge in [0.05, 0.1) is 0 Å². The van der Waals surface area contributed by atoms with Crippen LogP contribution in [-0.2, 0) is 6.54 Å². The summed E-state index contributed by atoms with van der Waals surface area (Å²) >= 11 is 0. The maximum Gasteiger partial charge on any atom is 0.212 e. The average molecular weight is 316 g/mol. The molecule has 0 spiro atoms. The minimum absolute atomic E-state index is 1.03. The molecule has 122 valence electrons. The molecule has 1 heteroatoms. The second-order valence-corrected chi connectivity index (χ2v) is 6.58. The standard InChI is InChI=1S/C23H26N/c1-5-14-24-22(13-11-21-8-6-7-9-23(21)24)12-10-20-15-17(2)19(4)18(3)16-20/h6-13,15-16H,5,14H2,1-4H3/q+1/b12-10+. The van der Waals surface area contributed by atoms with Gasteiger partial charge < -0.3 is 0 Å². The minimum atomic E-state index is 1.03. The molecule has 0 aliphatic rings. The van der Waals surface area contributed by atoms with Gasteiger partial charge in [-0.15, -0.1) is 0 Å². The second-order valence-electron chi connectivity index (χ2n) is 6.58. The van der Waals surface area contributed by atoms with Gasteiger partial charge in [0.1, 0.15) is 6.54 Å². The van der Waals surface area contributed by atoms with Gasteiger partial charge in [-0.1, -0.05) is 31.2 Å². The largest absolute Gasteiger partial charge is 0.212 e. The Morgan fingerprint density at radius 1 is 0.875 bits per heavy atom. The first-order valence-corrected chi connectivity index (χ1v) is 8.77. The molecule has 0 atom stereocenters. The molecule has 0 unspecified atom stereocenters. The lowest BCUT2D eigenvalue weighted by Crippen LogP contribution is -2.37. The van der Waals surface area contributed by atoms with E-state index in [9.17, 15) is 0 Å². The molecule has 2 aromatic carbocycles. The lowest BCUT2D eigenvalue weighted by Gasteiger charge is -2.07. The van der Waals surface area contributed by atoms with Gasteiger partial charge in [-0.05, 0) is 61.2 Å². The van der Waals surface area contributed by atoms with Crippen LogP contribution in [0, 0.1) is 20.8 Å². The number of pyridine rings is 1. The van der Waals surface area contributed by atoms with E-state index in [0.29, 0.717) is 0 Å². The van der Waals surface area contributed by atoms with Crippen LogP contribution in [0.25, 0.3) is 23.1 Å². The molecular formula is C23H26N+. The van der Waals surface area contributed by atoms with Crippen molar-refractivity contribution in [1.29, 1.82) is 0 Å². The first-order chi connectivity index (χ1) is 11.6. The third kappa shape index (κ3) is 3.26. The highest BCUT2D eigenvalue weighted by Gasteiger charge is 2.12. The number of aryl methyl sites for hydroxylation is 3. The van der Waals surface area contributed by atoms with Crippen LogP contribution in [0.15, 0.2) is 48.5 Å². The van der Waals surface area contributed by atoms with Crippen molar-refractivity contribution < 1.29 is 4.57 Å². The second kappa shape index (κ2) is 7.00. The van der Waals surface area contributed by atoms with Crippen LogP contribution in [-0.4, -0.2) is 0 Å². The molecule has 1 nitrogen and oxygen atoms in total. The Balaban J connectivity index is 2.04. The summed E-state index contributed by atoms with van der Waals surface area (Å²) in [6.45, 7) is 9.83. The van der Waals surface area contributed by atoms with E-state index in [2.05, 4.69) is 92.9 Å². The Morgan fingerprint density at radius 3 is 2.29 bits per heavy atom. The van der Waals surface area contributed by atoms with Crippen molar-refractivity contribution >= 4 is 23.1 Å². The minimum Gasteiger partial charge on any atom is -0.192 e. The van der Waals surface area contributed by atoms with E-state index in [1.807, 2.05) is 0 Å². The molecule has 1 heterocycles. The Labute approximate surface area is 145 Å². The van der Waals surface area contributed by atoms with Crippen LogP contribution >= 0.6 is 0 Å². The average Bonchev–Trinajstić information content (AvgIpc) is 2.59. The van der Waals surface area contributed by atoms with Crippen LogP contribution in [0.3, 0.4) is 0 Å². The normalized spacial score (nSPS) is 11.5. The number of benzene rings is 2. The zero-order valence-corrected chi connectivity index (χ0v) is 15.1. The fourth-order valence-electron chi connectivity index (χ4n) is 3.24. The molecule has 0 radical (unpaired) electrons. The molecule has 0 N–H and O–H groups in total. The van der Waals surface area contributed by atoms with Crippen molar-refractivity contribution in [1.82, 2.24) is 0 Å². The molecule has 0 aliphatic carbocycles. The maximum absolute atomic E-state index is 2.42. The van der Waals surface area contributed by atoms with Gasteiger partial charge in [0.2, 0.25) is 11.2 Å². The lowest BCUT2D eigenvalue weighted by atomic mass is 10.0. The molecule has 1 aromatic heterocycles. The van der Waals surface area contributed by atoms with E-state index in [1.54, 1.807) is 0 Å². The number of nitrogens with zero attached hydrogens (tertiary/aromatic N) is 1. The van der Waals surface area contributed by atoms with Crippen LogP contribution < -0.4 is 4.57 Å². The van der Waals surface area contributed by atoms with Crippen LogP contribution in [0.5, 0.6) is 0 Å². The first-order valence-electron chi connectivity index (χ1n) is 8.77. The highest BCUT2D eigenvalue weighted by Crippen LogP contribution is 2.18. The van der Waals surface area contributed by atoms with Crippen molar-refractivity contribution in [2.45, 2.75) is 40.7 Å². The maximum atomic E-state index is 2.42. The fraction of sp³-hybridized carbons (Fsp3) is 0.261. The summed E-state index contributed by atoms with van der Waals surface area (Å²) < 4.78 is 2.42. The highest BCUT2D eigenvalue weighted by atomic mass is 15.0. The van der Waals surface area contributed by atoms with Crippen LogP contribution in [0.4, 0.5) is 0 Å². The van der Waals surface area contributed by atoms with Gasteiger partial charge >= 0.3 is 0 Å². The molecule has 3 aromatic rings. The molecule has 0 bridgehead atoms. The van der Waals surface area contributed by atoms with Gasteiger partial charge in [-0.25, -0.2) is 0 Å². The van der Waals surface area contributed by atoms with E-state index in [4.69, 9.17) is 0 Å². The Bertz CT molecular complexity index is 880. The SMILES string of the molecule is CCC[n+]1c(/C=C/c2cc(C)c(C)c(C)c2)ccc2ccccc21. The van der Waals surface area contributed by atoms with Gasteiger partial charge in [0.15, 0.2) is 0 Å². The van der Waals surface area contributed by atoms with Gasteiger partial charge in [-0.2, -0.15) is 4.57 Å². The number of hydrogen-bond acceptors (Lipinski definition) is 0. The van der Waals surface area contributed by atoms with Crippen molar-refractivity contribution in [3.63, 3.8) is 0 Å². The quantitative estimate of drug-likeness (QED) is 0.549. The topological polar surface area (TPSA) is 3.88 Å². The van der Waals surface area contributed by atoms with Crippen molar-refractivity contribution in [3.8, 4) is 0 Å². The van der Waals surface area contributed by atoms with E-state index >= 15 is 0 Å². The van der Waals surface area contributed by atoms with E-state index < -0.39 is 0 Å². The summed E-state index contributed by atoms with van der Waals surface area (Å²) in [5, 5.41) is 1.30. The smallest absolute Gasteiger partial charge is 0.192 e. The Kier molecular flexibility index (Phi) is 4.80. The zero-order valence-electron chi connectivity index (χ0n) is 15.1. The van der Waals surface area contributed by atoms with Crippen LogP contribution in [0.1, 0.15) is 41.3 Å². The fourth-order valence-corrected chi connectivity index (χ4v) is 3.24. The predicted octanol–water partition coefficient (Wildman–Crippen LogP) is 5.63. The summed E-state index contributed by atoms with van der Waals surface area (Å²) in [4.78, 5) is 0. The molecule has 0 saturated carbocycles. The van der Waals surface area contributed by atoms with Crippen molar-refractivity contribution in [2.24, 2.45) is 0 Å². The van der Waals surface area contributed by atoms with Crippen molar-refractivity contribution in [3.05, 3.63) is 76.5 Å². The monoisotopic (exact) mass is 316 g/mol. The molecule has 0 fully saturated rings. The number of rotatable bonds is 4. The van der Waals surface area contributed by atoms with Gasteiger partial charge in [-0.3, -0.25) is 0 Å². The van der Waals surface area contributed by atoms with Crippen LogP contribution in [0.2, 0.25) is 0 Å². The first kappa shape index (κ1) is 16.4. The molecule has 0 saturated heterocycles. The third-order valence-electron chi connectivity index (χ3n) is 4.82. The Morgan fingerprint density at radius 2 is 1.58 bits per heavy atom.